The fourth-order valence-corrected chi connectivity index (χ4v) is 1.53. The number of furan rings is 1. The van der Waals surface area contributed by atoms with Crippen LogP contribution in [0.25, 0.3) is 11.6 Å². The predicted octanol–water partition coefficient (Wildman–Crippen LogP) is 2.51. The van der Waals surface area contributed by atoms with Crippen LogP contribution in [0, 0.1) is 0 Å². The number of hydrogen-bond donors (Lipinski definition) is 1. The Morgan fingerprint density at radius 2 is 1.94 bits per heavy atom. The average Bonchev–Trinajstić information content (AvgIpc) is 2.84. The molecule has 3 nitrogen and oxygen atoms in total. The van der Waals surface area contributed by atoms with E-state index in [0.717, 1.165) is 11.8 Å². The van der Waals surface area contributed by atoms with E-state index in [2.05, 4.69) is 0 Å². The SMILES string of the molecule is O=CC(=Cc1ccc(CO)o1)c1ccccc1. The van der Waals surface area contributed by atoms with Crippen molar-refractivity contribution in [1.29, 1.82) is 0 Å². The zero-order valence-electron chi connectivity index (χ0n) is 9.17. The molecule has 0 saturated carbocycles. The second-order valence-electron chi connectivity index (χ2n) is 3.55. The molecule has 1 aromatic carbocycles. The van der Waals surface area contributed by atoms with Crippen molar-refractivity contribution in [2.45, 2.75) is 6.61 Å². The molecule has 2 aromatic rings. The topological polar surface area (TPSA) is 50.4 Å². The largest absolute Gasteiger partial charge is 0.459 e. The fourth-order valence-electron chi connectivity index (χ4n) is 1.53. The highest BCUT2D eigenvalue weighted by atomic mass is 16.4. The standard InChI is InChI=1S/C14H12O3/c15-9-12(11-4-2-1-3-5-11)8-13-6-7-14(10-16)17-13/h1-9,16H,10H2. The predicted molar refractivity (Wildman–Crippen MR) is 65.0 cm³/mol. The van der Waals surface area contributed by atoms with Crippen molar-refractivity contribution in [2.24, 2.45) is 0 Å². The first-order chi connectivity index (χ1) is 8.33. The highest BCUT2D eigenvalue weighted by molar-refractivity contribution is 6.13. The van der Waals surface area contributed by atoms with E-state index in [1.54, 1.807) is 18.2 Å². The Bertz CT molecular complexity index is 523. The van der Waals surface area contributed by atoms with Gasteiger partial charge in [0.2, 0.25) is 0 Å². The van der Waals surface area contributed by atoms with Crippen molar-refractivity contribution < 1.29 is 14.3 Å². The monoisotopic (exact) mass is 228 g/mol. The van der Waals surface area contributed by atoms with Gasteiger partial charge >= 0.3 is 0 Å². The lowest BCUT2D eigenvalue weighted by Crippen LogP contribution is -1.84. The molecule has 3 heteroatoms. The van der Waals surface area contributed by atoms with E-state index in [1.165, 1.54) is 0 Å². The van der Waals surface area contributed by atoms with E-state index in [1.807, 2.05) is 30.3 Å². The van der Waals surface area contributed by atoms with Crippen LogP contribution in [0.5, 0.6) is 0 Å². The fraction of sp³-hybridized carbons (Fsp3) is 0.0714. The van der Waals surface area contributed by atoms with E-state index in [9.17, 15) is 4.79 Å². The van der Waals surface area contributed by atoms with Gasteiger partial charge in [-0.05, 0) is 23.8 Å². The number of benzene rings is 1. The summed E-state index contributed by atoms with van der Waals surface area (Å²) >= 11 is 0. The van der Waals surface area contributed by atoms with Gasteiger partial charge in [0, 0.05) is 5.57 Å². The summed E-state index contributed by atoms with van der Waals surface area (Å²) in [4.78, 5) is 11.0. The second kappa shape index (κ2) is 5.27. The molecule has 1 N–H and O–H groups in total. The van der Waals surface area contributed by atoms with Crippen LogP contribution in [-0.4, -0.2) is 11.4 Å². The number of aliphatic hydroxyl groups is 1. The van der Waals surface area contributed by atoms with Gasteiger partial charge in [0.1, 0.15) is 18.1 Å². The Kier molecular flexibility index (Phi) is 3.52. The zero-order chi connectivity index (χ0) is 12.1. The van der Waals surface area contributed by atoms with Crippen LogP contribution in [0.2, 0.25) is 0 Å². The van der Waals surface area contributed by atoms with Crippen molar-refractivity contribution in [3.63, 3.8) is 0 Å². The molecule has 0 unspecified atom stereocenters. The van der Waals surface area contributed by atoms with Crippen molar-refractivity contribution in [3.8, 4) is 0 Å². The summed E-state index contributed by atoms with van der Waals surface area (Å²) in [6.07, 6.45) is 2.44. The lowest BCUT2D eigenvalue weighted by molar-refractivity contribution is -0.103. The quantitative estimate of drug-likeness (QED) is 0.646. The summed E-state index contributed by atoms with van der Waals surface area (Å²) in [6.45, 7) is -0.143. The Morgan fingerprint density at radius 3 is 2.53 bits per heavy atom. The highest BCUT2D eigenvalue weighted by Gasteiger charge is 2.03. The Balaban J connectivity index is 2.33. The third kappa shape index (κ3) is 2.71. The zero-order valence-corrected chi connectivity index (χ0v) is 9.17. The normalized spacial score (nSPS) is 11.5. The van der Waals surface area contributed by atoms with Crippen LogP contribution in [0.3, 0.4) is 0 Å². The molecule has 0 aliphatic carbocycles. The Morgan fingerprint density at radius 1 is 1.18 bits per heavy atom. The number of carbonyl (C=O) groups excluding carboxylic acids is 1. The molecule has 0 saturated heterocycles. The van der Waals surface area contributed by atoms with Crippen molar-refractivity contribution >= 4 is 17.9 Å². The van der Waals surface area contributed by atoms with Gasteiger partial charge in [0.25, 0.3) is 0 Å². The maximum Gasteiger partial charge on any atom is 0.150 e. The molecule has 0 fully saturated rings. The minimum atomic E-state index is -0.143. The molecule has 0 amide bonds. The number of aliphatic hydroxyl groups excluding tert-OH is 1. The van der Waals surface area contributed by atoms with Gasteiger partial charge < -0.3 is 9.52 Å². The van der Waals surface area contributed by atoms with E-state index >= 15 is 0 Å². The first kappa shape index (κ1) is 11.4. The van der Waals surface area contributed by atoms with Gasteiger partial charge in [-0.2, -0.15) is 0 Å². The highest BCUT2D eigenvalue weighted by Crippen LogP contribution is 2.17. The molecule has 17 heavy (non-hydrogen) atoms. The minimum absolute atomic E-state index is 0.143. The van der Waals surface area contributed by atoms with Crippen LogP contribution in [0.4, 0.5) is 0 Å². The number of hydrogen-bond acceptors (Lipinski definition) is 3. The molecule has 0 atom stereocenters. The Hall–Kier alpha value is -2.13. The molecule has 1 aromatic heterocycles. The smallest absolute Gasteiger partial charge is 0.150 e. The van der Waals surface area contributed by atoms with Crippen LogP contribution >= 0.6 is 0 Å². The molecule has 0 bridgehead atoms. The van der Waals surface area contributed by atoms with Gasteiger partial charge in [-0.25, -0.2) is 0 Å². The lowest BCUT2D eigenvalue weighted by Gasteiger charge is -1.98. The average molecular weight is 228 g/mol. The van der Waals surface area contributed by atoms with Crippen LogP contribution in [0.15, 0.2) is 46.9 Å². The van der Waals surface area contributed by atoms with Crippen LogP contribution < -0.4 is 0 Å². The van der Waals surface area contributed by atoms with E-state index in [0.29, 0.717) is 17.1 Å². The number of carbonyl (C=O) groups is 1. The number of aldehydes is 1. The molecule has 0 radical (unpaired) electrons. The number of allylic oxidation sites excluding steroid dienone is 1. The molecular formula is C14H12O3. The second-order valence-corrected chi connectivity index (χ2v) is 3.55. The van der Waals surface area contributed by atoms with Gasteiger partial charge in [-0.3, -0.25) is 4.79 Å². The van der Waals surface area contributed by atoms with Crippen LogP contribution in [0.1, 0.15) is 17.1 Å². The summed E-state index contributed by atoms with van der Waals surface area (Å²) in [5.74, 6) is 1.04. The maximum absolute atomic E-state index is 11.0. The summed E-state index contributed by atoms with van der Waals surface area (Å²) in [7, 11) is 0. The van der Waals surface area contributed by atoms with Gasteiger partial charge in [-0.15, -0.1) is 0 Å². The summed E-state index contributed by atoms with van der Waals surface area (Å²) in [6, 6.07) is 12.7. The third-order valence-corrected chi connectivity index (χ3v) is 2.37. The molecule has 1 heterocycles. The molecular weight excluding hydrogens is 216 g/mol. The Labute approximate surface area is 99.0 Å². The number of rotatable bonds is 4. The van der Waals surface area contributed by atoms with Crippen molar-refractivity contribution in [1.82, 2.24) is 0 Å². The van der Waals surface area contributed by atoms with Gasteiger partial charge in [-0.1, -0.05) is 30.3 Å². The molecule has 0 aliphatic heterocycles. The van der Waals surface area contributed by atoms with Crippen LogP contribution in [-0.2, 0) is 11.4 Å². The van der Waals surface area contributed by atoms with Crippen molar-refractivity contribution in [3.05, 3.63) is 59.5 Å². The first-order valence-electron chi connectivity index (χ1n) is 5.25. The van der Waals surface area contributed by atoms with Gasteiger partial charge in [0.05, 0.1) is 0 Å². The van der Waals surface area contributed by atoms with Crippen molar-refractivity contribution in [2.75, 3.05) is 0 Å². The van der Waals surface area contributed by atoms with Gasteiger partial charge in [0.15, 0.2) is 6.29 Å². The van der Waals surface area contributed by atoms with E-state index in [-0.39, 0.29) is 6.61 Å². The third-order valence-electron chi connectivity index (χ3n) is 2.37. The minimum Gasteiger partial charge on any atom is -0.459 e. The van der Waals surface area contributed by atoms with E-state index < -0.39 is 0 Å². The van der Waals surface area contributed by atoms with E-state index in [4.69, 9.17) is 9.52 Å². The molecule has 0 aliphatic rings. The maximum atomic E-state index is 11.0. The summed E-state index contributed by atoms with van der Waals surface area (Å²) in [5, 5.41) is 8.88. The first-order valence-corrected chi connectivity index (χ1v) is 5.25. The summed E-state index contributed by atoms with van der Waals surface area (Å²) in [5.41, 5.74) is 1.38. The molecule has 86 valence electrons. The lowest BCUT2D eigenvalue weighted by atomic mass is 10.1. The summed E-state index contributed by atoms with van der Waals surface area (Å²) < 4.78 is 5.30. The molecule has 0 spiro atoms. The molecule has 2 rings (SSSR count).